The SMILES string of the molecule is CCCNCC(O)Cn1cc([N+](=O)[O-])c(=O)[nH]c1=O. The van der Waals surface area contributed by atoms with Crippen molar-refractivity contribution < 1.29 is 10.0 Å². The molecule has 1 atom stereocenters. The lowest BCUT2D eigenvalue weighted by atomic mass is 10.3. The minimum atomic E-state index is -1.05. The van der Waals surface area contributed by atoms with Crippen LogP contribution in [-0.2, 0) is 6.54 Å². The van der Waals surface area contributed by atoms with E-state index in [4.69, 9.17) is 0 Å². The molecule has 0 spiro atoms. The highest BCUT2D eigenvalue weighted by Crippen LogP contribution is 1.99. The van der Waals surface area contributed by atoms with Crippen molar-refractivity contribution in [3.63, 3.8) is 0 Å². The Bertz CT molecular complexity index is 550. The molecule has 1 unspecified atom stereocenters. The maximum absolute atomic E-state index is 11.4. The molecule has 9 nitrogen and oxygen atoms in total. The molecule has 0 aromatic carbocycles. The van der Waals surface area contributed by atoms with Crippen molar-refractivity contribution in [1.82, 2.24) is 14.9 Å². The van der Waals surface area contributed by atoms with Gasteiger partial charge in [-0.25, -0.2) is 4.79 Å². The van der Waals surface area contributed by atoms with Crippen molar-refractivity contribution >= 4 is 5.69 Å². The molecule has 0 saturated heterocycles. The molecular weight excluding hydrogens is 256 g/mol. The van der Waals surface area contributed by atoms with E-state index in [-0.39, 0.29) is 13.1 Å². The molecule has 1 rings (SSSR count). The van der Waals surface area contributed by atoms with Crippen LogP contribution in [0.3, 0.4) is 0 Å². The smallest absolute Gasteiger partial charge is 0.350 e. The van der Waals surface area contributed by atoms with Crippen LogP contribution in [0, 0.1) is 10.1 Å². The van der Waals surface area contributed by atoms with Gasteiger partial charge in [-0.05, 0) is 13.0 Å². The third-order valence-electron chi connectivity index (χ3n) is 2.40. The maximum atomic E-state index is 11.4. The maximum Gasteiger partial charge on any atom is 0.350 e. The molecule has 0 radical (unpaired) electrons. The number of aromatic nitrogens is 2. The van der Waals surface area contributed by atoms with E-state index in [0.717, 1.165) is 23.7 Å². The first-order valence-electron chi connectivity index (χ1n) is 5.82. The predicted octanol–water partition coefficient (Wildman–Crippen LogP) is -1.19. The van der Waals surface area contributed by atoms with Crippen molar-refractivity contribution in [2.75, 3.05) is 13.1 Å². The van der Waals surface area contributed by atoms with Crippen LogP contribution in [0.5, 0.6) is 0 Å². The Morgan fingerprint density at radius 3 is 2.84 bits per heavy atom. The van der Waals surface area contributed by atoms with Gasteiger partial charge in [0.25, 0.3) is 0 Å². The van der Waals surface area contributed by atoms with E-state index in [2.05, 4.69) is 5.32 Å². The number of hydrogen-bond donors (Lipinski definition) is 3. The second-order valence-electron chi connectivity index (χ2n) is 4.04. The van der Waals surface area contributed by atoms with Gasteiger partial charge in [-0.15, -0.1) is 0 Å². The van der Waals surface area contributed by atoms with E-state index in [9.17, 15) is 24.8 Å². The van der Waals surface area contributed by atoms with Crippen LogP contribution in [0.4, 0.5) is 5.69 Å². The highest BCUT2D eigenvalue weighted by Gasteiger charge is 2.16. The number of aliphatic hydroxyl groups is 1. The van der Waals surface area contributed by atoms with Crippen LogP contribution in [0.15, 0.2) is 15.8 Å². The zero-order valence-electron chi connectivity index (χ0n) is 10.5. The molecule has 1 heterocycles. The number of hydrogen-bond acceptors (Lipinski definition) is 6. The summed E-state index contributed by atoms with van der Waals surface area (Å²) in [6.07, 6.45) is 0.857. The van der Waals surface area contributed by atoms with Gasteiger partial charge in [0.05, 0.1) is 23.8 Å². The van der Waals surface area contributed by atoms with Crippen LogP contribution >= 0.6 is 0 Å². The highest BCUT2D eigenvalue weighted by atomic mass is 16.6. The fraction of sp³-hybridized carbons (Fsp3) is 0.600. The number of rotatable bonds is 7. The predicted molar refractivity (Wildman–Crippen MR) is 67.1 cm³/mol. The van der Waals surface area contributed by atoms with Gasteiger partial charge in [0, 0.05) is 6.54 Å². The van der Waals surface area contributed by atoms with Crippen molar-refractivity contribution in [2.24, 2.45) is 0 Å². The van der Waals surface area contributed by atoms with Crippen molar-refractivity contribution in [2.45, 2.75) is 26.0 Å². The molecule has 0 aliphatic carbocycles. The van der Waals surface area contributed by atoms with E-state index >= 15 is 0 Å². The topological polar surface area (TPSA) is 130 Å². The molecule has 0 aliphatic rings. The van der Waals surface area contributed by atoms with Crippen LogP contribution in [-0.4, -0.2) is 38.8 Å². The van der Waals surface area contributed by atoms with Gasteiger partial charge >= 0.3 is 16.9 Å². The van der Waals surface area contributed by atoms with Gasteiger partial charge in [-0.2, -0.15) is 0 Å². The summed E-state index contributed by atoms with van der Waals surface area (Å²) in [4.78, 5) is 34.1. The summed E-state index contributed by atoms with van der Waals surface area (Å²) in [6, 6.07) is 0. The van der Waals surface area contributed by atoms with Crippen molar-refractivity contribution in [1.29, 1.82) is 0 Å². The molecule has 0 amide bonds. The average Bonchev–Trinajstić information content (AvgIpc) is 2.32. The fourth-order valence-electron chi connectivity index (χ4n) is 1.50. The summed E-state index contributed by atoms with van der Waals surface area (Å²) in [5.74, 6) is 0. The van der Waals surface area contributed by atoms with Crippen LogP contribution < -0.4 is 16.6 Å². The number of nitrogens with one attached hydrogen (secondary N) is 2. The highest BCUT2D eigenvalue weighted by molar-refractivity contribution is 5.20. The largest absolute Gasteiger partial charge is 0.390 e. The monoisotopic (exact) mass is 272 g/mol. The van der Waals surface area contributed by atoms with E-state index in [1.807, 2.05) is 11.9 Å². The molecule has 9 heteroatoms. The lowest BCUT2D eigenvalue weighted by Gasteiger charge is -2.12. The molecule has 1 aromatic heterocycles. The van der Waals surface area contributed by atoms with E-state index in [1.54, 1.807) is 0 Å². The van der Waals surface area contributed by atoms with E-state index in [1.165, 1.54) is 0 Å². The second kappa shape index (κ2) is 6.81. The van der Waals surface area contributed by atoms with Crippen LogP contribution in [0.25, 0.3) is 0 Å². The van der Waals surface area contributed by atoms with Gasteiger partial charge in [0.2, 0.25) is 0 Å². The van der Waals surface area contributed by atoms with E-state index in [0.29, 0.717) is 0 Å². The van der Waals surface area contributed by atoms with Crippen LogP contribution in [0.1, 0.15) is 13.3 Å². The van der Waals surface area contributed by atoms with Crippen molar-refractivity contribution in [3.05, 3.63) is 37.1 Å². The first kappa shape index (κ1) is 15.1. The van der Waals surface area contributed by atoms with Crippen molar-refractivity contribution in [3.8, 4) is 0 Å². The number of aliphatic hydroxyl groups excluding tert-OH is 1. The van der Waals surface area contributed by atoms with Gasteiger partial charge in [-0.1, -0.05) is 6.92 Å². The quantitative estimate of drug-likeness (QED) is 0.325. The number of nitrogens with zero attached hydrogens (tertiary/aromatic N) is 2. The minimum absolute atomic E-state index is 0.132. The third-order valence-corrected chi connectivity index (χ3v) is 2.40. The number of H-pyrrole nitrogens is 1. The molecule has 0 aliphatic heterocycles. The van der Waals surface area contributed by atoms with E-state index < -0.39 is 28.0 Å². The molecule has 3 N–H and O–H groups in total. The molecule has 1 aromatic rings. The molecule has 106 valence electrons. The molecule has 19 heavy (non-hydrogen) atoms. The van der Waals surface area contributed by atoms with Crippen LogP contribution in [0.2, 0.25) is 0 Å². The van der Waals surface area contributed by atoms with Gasteiger partial charge in [-0.3, -0.25) is 24.5 Å². The minimum Gasteiger partial charge on any atom is -0.390 e. The number of nitro groups is 1. The van der Waals surface area contributed by atoms with Gasteiger partial charge < -0.3 is 10.4 Å². The summed E-state index contributed by atoms with van der Waals surface area (Å²) >= 11 is 0. The summed E-state index contributed by atoms with van der Waals surface area (Å²) < 4.78 is 0.915. The normalized spacial score (nSPS) is 12.3. The summed E-state index contributed by atoms with van der Waals surface area (Å²) in [5, 5.41) is 23.2. The molecular formula is C10H16N4O5. The number of aromatic amines is 1. The Kier molecular flexibility index (Phi) is 5.39. The lowest BCUT2D eigenvalue weighted by Crippen LogP contribution is -2.37. The zero-order valence-corrected chi connectivity index (χ0v) is 10.5. The molecule has 0 bridgehead atoms. The second-order valence-corrected chi connectivity index (χ2v) is 4.04. The average molecular weight is 272 g/mol. The zero-order chi connectivity index (χ0) is 14.4. The Hall–Kier alpha value is -2.00. The Morgan fingerprint density at radius 2 is 2.26 bits per heavy atom. The Morgan fingerprint density at radius 1 is 1.58 bits per heavy atom. The van der Waals surface area contributed by atoms with Gasteiger partial charge in [0.1, 0.15) is 0 Å². The summed E-state index contributed by atoms with van der Waals surface area (Å²) in [7, 11) is 0. The standard InChI is InChI=1S/C10H16N4O5/c1-2-3-11-4-7(15)5-13-6-8(14(18)19)9(16)12-10(13)17/h6-7,11,15H,2-5H2,1H3,(H,12,16,17). The molecule has 0 saturated carbocycles. The summed E-state index contributed by atoms with van der Waals surface area (Å²) in [6.45, 7) is 2.81. The fourth-order valence-corrected chi connectivity index (χ4v) is 1.50. The summed E-state index contributed by atoms with van der Waals surface area (Å²) in [5.41, 5.74) is -2.57. The Labute approximate surface area is 108 Å². The lowest BCUT2D eigenvalue weighted by molar-refractivity contribution is -0.386. The molecule has 0 fully saturated rings. The first-order valence-corrected chi connectivity index (χ1v) is 5.82. The Balaban J connectivity index is 2.83. The van der Waals surface area contributed by atoms with Gasteiger partial charge in [0.15, 0.2) is 0 Å². The first-order chi connectivity index (χ1) is 8.95. The third kappa shape index (κ3) is 4.30.